The fraction of sp³-hybridized carbons (Fsp3) is 0.0588. The van der Waals surface area contributed by atoms with Crippen molar-refractivity contribution in [2.24, 2.45) is 0 Å². The first-order chi connectivity index (χ1) is 10.7. The Hall–Kier alpha value is -3.08. The summed E-state index contributed by atoms with van der Waals surface area (Å²) in [6.45, 7) is 0.320. The number of carboxylic acid groups (broad SMARTS) is 1. The molecule has 0 amide bonds. The Balaban J connectivity index is 1.70. The van der Waals surface area contributed by atoms with Crippen LogP contribution in [0.5, 0.6) is 5.75 Å². The molecule has 0 spiro atoms. The van der Waals surface area contributed by atoms with Gasteiger partial charge in [0.05, 0.1) is 11.0 Å². The molecule has 1 heterocycles. The highest BCUT2D eigenvalue weighted by molar-refractivity contribution is 5.85. The zero-order valence-electron chi connectivity index (χ0n) is 11.7. The van der Waals surface area contributed by atoms with Crippen LogP contribution in [0.3, 0.4) is 0 Å². The van der Waals surface area contributed by atoms with Gasteiger partial charge in [0, 0.05) is 6.08 Å². The van der Waals surface area contributed by atoms with Crippen molar-refractivity contribution in [1.29, 1.82) is 0 Å². The third-order valence-electron chi connectivity index (χ3n) is 3.09. The lowest BCUT2D eigenvalue weighted by Gasteiger charge is -2.04. The van der Waals surface area contributed by atoms with Crippen molar-refractivity contribution in [2.45, 2.75) is 6.61 Å². The highest BCUT2D eigenvalue weighted by Crippen LogP contribution is 2.17. The van der Waals surface area contributed by atoms with E-state index in [-0.39, 0.29) is 0 Å². The molecular weight excluding hydrogens is 280 g/mol. The first-order valence-electron chi connectivity index (χ1n) is 6.78. The number of imidazole rings is 1. The van der Waals surface area contributed by atoms with E-state index < -0.39 is 5.97 Å². The summed E-state index contributed by atoms with van der Waals surface area (Å²) in [7, 11) is 0. The second-order valence-electron chi connectivity index (χ2n) is 4.73. The predicted molar refractivity (Wildman–Crippen MR) is 83.5 cm³/mol. The Morgan fingerprint density at radius 2 is 2.09 bits per heavy atom. The van der Waals surface area contributed by atoms with Crippen LogP contribution >= 0.6 is 0 Å². The Bertz CT molecular complexity index is 804. The standard InChI is InChI=1S/C17H14N2O3/c20-17(21)9-8-12-4-3-5-13(10-12)22-11-16-18-14-6-1-2-7-15(14)19-16/h1-10H,11H2,(H,18,19)(H,20,21)/b9-8+. The molecule has 2 aromatic carbocycles. The SMILES string of the molecule is O=C(O)/C=C/c1cccc(OCc2nc3ccccc3[nH]2)c1. The van der Waals surface area contributed by atoms with E-state index in [1.54, 1.807) is 6.07 Å². The van der Waals surface area contributed by atoms with Crippen LogP contribution in [-0.4, -0.2) is 21.0 Å². The van der Waals surface area contributed by atoms with Gasteiger partial charge in [-0.2, -0.15) is 0 Å². The van der Waals surface area contributed by atoms with Gasteiger partial charge >= 0.3 is 5.97 Å². The third kappa shape index (κ3) is 3.32. The number of ether oxygens (including phenoxy) is 1. The maximum atomic E-state index is 10.5. The average molecular weight is 294 g/mol. The lowest BCUT2D eigenvalue weighted by molar-refractivity contribution is -0.131. The summed E-state index contributed by atoms with van der Waals surface area (Å²) in [5.41, 5.74) is 2.64. The minimum atomic E-state index is -0.978. The number of aromatic amines is 1. The lowest BCUT2D eigenvalue weighted by atomic mass is 10.2. The Morgan fingerprint density at radius 3 is 2.91 bits per heavy atom. The van der Waals surface area contributed by atoms with Crippen molar-refractivity contribution in [2.75, 3.05) is 0 Å². The van der Waals surface area contributed by atoms with Crippen molar-refractivity contribution in [1.82, 2.24) is 9.97 Å². The minimum absolute atomic E-state index is 0.320. The Kier molecular flexibility index (Phi) is 3.87. The van der Waals surface area contributed by atoms with Gasteiger partial charge in [-0.1, -0.05) is 24.3 Å². The van der Waals surface area contributed by atoms with E-state index >= 15 is 0 Å². The molecule has 110 valence electrons. The molecule has 0 aliphatic heterocycles. The molecule has 0 saturated carbocycles. The molecule has 0 fully saturated rings. The van der Waals surface area contributed by atoms with Gasteiger partial charge in [0.15, 0.2) is 0 Å². The van der Waals surface area contributed by atoms with E-state index in [2.05, 4.69) is 9.97 Å². The van der Waals surface area contributed by atoms with Crippen LogP contribution in [-0.2, 0) is 11.4 Å². The van der Waals surface area contributed by atoms with Crippen molar-refractivity contribution in [3.63, 3.8) is 0 Å². The van der Waals surface area contributed by atoms with Gasteiger partial charge in [0.25, 0.3) is 0 Å². The number of benzene rings is 2. The average Bonchev–Trinajstić information content (AvgIpc) is 2.94. The van der Waals surface area contributed by atoms with Crippen LogP contribution in [0.1, 0.15) is 11.4 Å². The summed E-state index contributed by atoms with van der Waals surface area (Å²) in [4.78, 5) is 18.2. The van der Waals surface area contributed by atoms with Crippen LogP contribution in [0.25, 0.3) is 17.1 Å². The molecular formula is C17H14N2O3. The van der Waals surface area contributed by atoms with E-state index in [4.69, 9.17) is 9.84 Å². The van der Waals surface area contributed by atoms with Crippen LogP contribution in [0.2, 0.25) is 0 Å². The van der Waals surface area contributed by atoms with Crippen molar-refractivity contribution < 1.29 is 14.6 Å². The number of nitrogens with zero attached hydrogens (tertiary/aromatic N) is 1. The molecule has 0 atom stereocenters. The molecule has 3 rings (SSSR count). The summed E-state index contributed by atoms with van der Waals surface area (Å²) < 4.78 is 5.69. The molecule has 2 N–H and O–H groups in total. The van der Waals surface area contributed by atoms with E-state index in [1.165, 1.54) is 6.08 Å². The maximum Gasteiger partial charge on any atom is 0.328 e. The smallest absolute Gasteiger partial charge is 0.328 e. The monoisotopic (exact) mass is 294 g/mol. The minimum Gasteiger partial charge on any atom is -0.486 e. The lowest BCUT2D eigenvalue weighted by Crippen LogP contribution is -1.97. The molecule has 0 aliphatic carbocycles. The molecule has 0 radical (unpaired) electrons. The maximum absolute atomic E-state index is 10.5. The molecule has 5 nitrogen and oxygen atoms in total. The quantitative estimate of drug-likeness (QED) is 0.708. The van der Waals surface area contributed by atoms with Gasteiger partial charge in [0.1, 0.15) is 18.2 Å². The first-order valence-corrected chi connectivity index (χ1v) is 6.78. The van der Waals surface area contributed by atoms with Gasteiger partial charge in [-0.3, -0.25) is 0 Å². The fourth-order valence-corrected chi connectivity index (χ4v) is 2.10. The fourth-order valence-electron chi connectivity index (χ4n) is 2.10. The van der Waals surface area contributed by atoms with Crippen LogP contribution in [0, 0.1) is 0 Å². The summed E-state index contributed by atoms with van der Waals surface area (Å²) in [5.74, 6) is 0.425. The number of rotatable bonds is 5. The summed E-state index contributed by atoms with van der Waals surface area (Å²) in [6.07, 6.45) is 2.62. The zero-order chi connectivity index (χ0) is 15.4. The van der Waals surface area contributed by atoms with Crippen molar-refractivity contribution in [3.8, 4) is 5.75 Å². The van der Waals surface area contributed by atoms with Crippen LogP contribution in [0.15, 0.2) is 54.6 Å². The number of carboxylic acids is 1. The molecule has 22 heavy (non-hydrogen) atoms. The molecule has 0 aliphatic rings. The zero-order valence-corrected chi connectivity index (χ0v) is 11.7. The third-order valence-corrected chi connectivity index (χ3v) is 3.09. The van der Waals surface area contributed by atoms with E-state index in [0.29, 0.717) is 12.4 Å². The molecule has 0 unspecified atom stereocenters. The number of para-hydroxylation sites is 2. The number of nitrogens with one attached hydrogen (secondary N) is 1. The van der Waals surface area contributed by atoms with Crippen molar-refractivity contribution in [3.05, 3.63) is 66.0 Å². The van der Waals surface area contributed by atoms with E-state index in [0.717, 1.165) is 28.5 Å². The largest absolute Gasteiger partial charge is 0.486 e. The highest BCUT2D eigenvalue weighted by atomic mass is 16.5. The molecule has 1 aromatic heterocycles. The number of hydrogen-bond donors (Lipinski definition) is 2. The summed E-state index contributed by atoms with van der Waals surface area (Å²) in [6, 6.07) is 15.0. The molecule has 0 saturated heterocycles. The molecule has 3 aromatic rings. The van der Waals surface area contributed by atoms with Gasteiger partial charge in [-0.15, -0.1) is 0 Å². The number of aliphatic carboxylic acids is 1. The summed E-state index contributed by atoms with van der Waals surface area (Å²) in [5, 5.41) is 8.63. The number of aromatic nitrogens is 2. The van der Waals surface area contributed by atoms with E-state index in [9.17, 15) is 4.79 Å². The Morgan fingerprint density at radius 1 is 1.23 bits per heavy atom. The number of hydrogen-bond acceptors (Lipinski definition) is 3. The van der Waals surface area contributed by atoms with Crippen LogP contribution < -0.4 is 4.74 Å². The van der Waals surface area contributed by atoms with Gasteiger partial charge < -0.3 is 14.8 Å². The van der Waals surface area contributed by atoms with Crippen molar-refractivity contribution >= 4 is 23.1 Å². The topological polar surface area (TPSA) is 75.2 Å². The number of carbonyl (C=O) groups is 1. The second-order valence-corrected chi connectivity index (χ2v) is 4.73. The first kappa shape index (κ1) is 13.9. The molecule has 0 bridgehead atoms. The highest BCUT2D eigenvalue weighted by Gasteiger charge is 2.03. The number of fused-ring (bicyclic) bond motifs is 1. The van der Waals surface area contributed by atoms with Crippen LogP contribution in [0.4, 0.5) is 0 Å². The summed E-state index contributed by atoms with van der Waals surface area (Å²) >= 11 is 0. The molecule has 5 heteroatoms. The number of H-pyrrole nitrogens is 1. The Labute approximate surface area is 126 Å². The predicted octanol–water partition coefficient (Wildman–Crippen LogP) is 3.24. The van der Waals surface area contributed by atoms with Gasteiger partial charge in [-0.25, -0.2) is 9.78 Å². The second kappa shape index (κ2) is 6.13. The van der Waals surface area contributed by atoms with Gasteiger partial charge in [0.2, 0.25) is 0 Å². The van der Waals surface area contributed by atoms with Gasteiger partial charge in [-0.05, 0) is 35.9 Å². The van der Waals surface area contributed by atoms with E-state index in [1.807, 2.05) is 42.5 Å². The normalized spacial score (nSPS) is 11.1.